The summed E-state index contributed by atoms with van der Waals surface area (Å²) in [6.45, 7) is 6.71. The van der Waals surface area contributed by atoms with Crippen LogP contribution in [0.2, 0.25) is 0 Å². The lowest BCUT2D eigenvalue weighted by Crippen LogP contribution is -2.35. The van der Waals surface area contributed by atoms with Crippen molar-refractivity contribution in [2.45, 2.75) is 39.9 Å². The van der Waals surface area contributed by atoms with Crippen LogP contribution in [0.15, 0.2) is 24.3 Å². The minimum Gasteiger partial charge on any atom is -0.497 e. The molecule has 0 saturated heterocycles. The first-order valence-corrected chi connectivity index (χ1v) is 8.55. The summed E-state index contributed by atoms with van der Waals surface area (Å²) in [5, 5.41) is 6.99. The maximum absolute atomic E-state index is 12.3. The Morgan fingerprint density at radius 3 is 2.19 bits per heavy atom. The molecule has 146 valence electrons. The van der Waals surface area contributed by atoms with Crippen LogP contribution in [-0.2, 0) is 21.4 Å². The molecule has 0 saturated carbocycles. The van der Waals surface area contributed by atoms with Crippen molar-refractivity contribution in [3.05, 3.63) is 35.7 Å². The van der Waals surface area contributed by atoms with Crippen LogP contribution in [0.5, 0.6) is 11.5 Å². The van der Waals surface area contributed by atoms with Gasteiger partial charge in [0.05, 0.1) is 24.2 Å². The lowest BCUT2D eigenvalue weighted by molar-refractivity contribution is -0.159. The Labute approximate surface area is 158 Å². The average Bonchev–Trinajstić information content (AvgIpc) is 2.88. The molecular formula is C19H25N3O5. The van der Waals surface area contributed by atoms with Gasteiger partial charge in [-0.2, -0.15) is 5.10 Å². The molecule has 8 heteroatoms. The van der Waals surface area contributed by atoms with Crippen molar-refractivity contribution >= 4 is 17.6 Å². The fraction of sp³-hybridized carbons (Fsp3) is 0.421. The van der Waals surface area contributed by atoms with Gasteiger partial charge in [0, 0.05) is 7.05 Å². The zero-order valence-electron chi connectivity index (χ0n) is 16.4. The molecule has 0 fully saturated rings. The number of ether oxygens (including phenoxy) is 3. The van der Waals surface area contributed by atoms with Crippen molar-refractivity contribution in [1.82, 2.24) is 9.78 Å². The molecule has 1 N–H and O–H groups in total. The van der Waals surface area contributed by atoms with Gasteiger partial charge in [-0.1, -0.05) is 0 Å². The van der Waals surface area contributed by atoms with Gasteiger partial charge in [0.1, 0.15) is 11.5 Å². The number of benzene rings is 1. The number of hydrogen-bond donors (Lipinski definition) is 1. The first-order chi connectivity index (χ1) is 12.7. The monoisotopic (exact) mass is 375 g/mol. The number of esters is 1. The zero-order chi connectivity index (χ0) is 20.1. The number of hydrogen-bond acceptors (Lipinski definition) is 6. The molecule has 2 aromatic rings. The Balaban J connectivity index is 1.92. The van der Waals surface area contributed by atoms with Gasteiger partial charge in [-0.15, -0.1) is 0 Å². The number of carbonyl (C=O) groups is 2. The highest BCUT2D eigenvalue weighted by Crippen LogP contribution is 2.20. The van der Waals surface area contributed by atoms with Crippen LogP contribution in [0.1, 0.15) is 25.2 Å². The van der Waals surface area contributed by atoms with Crippen molar-refractivity contribution in [3.8, 4) is 11.5 Å². The van der Waals surface area contributed by atoms with E-state index >= 15 is 0 Å². The number of nitrogens with zero attached hydrogens (tertiary/aromatic N) is 2. The van der Waals surface area contributed by atoms with Crippen LogP contribution < -0.4 is 14.8 Å². The molecule has 0 aliphatic heterocycles. The minimum atomic E-state index is -0.974. The van der Waals surface area contributed by atoms with Gasteiger partial charge < -0.3 is 19.5 Å². The van der Waals surface area contributed by atoms with Crippen molar-refractivity contribution in [1.29, 1.82) is 0 Å². The largest absolute Gasteiger partial charge is 0.497 e. The number of amides is 1. The second-order valence-corrected chi connectivity index (χ2v) is 6.17. The Hall–Kier alpha value is -3.03. The van der Waals surface area contributed by atoms with Crippen LogP contribution in [0, 0.1) is 13.8 Å². The zero-order valence-corrected chi connectivity index (χ0v) is 16.4. The Kier molecular flexibility index (Phi) is 6.44. The van der Waals surface area contributed by atoms with Crippen LogP contribution in [-0.4, -0.2) is 41.0 Å². The first kappa shape index (κ1) is 20.3. The third-order valence-electron chi connectivity index (χ3n) is 4.12. The topological polar surface area (TPSA) is 91.7 Å². The maximum atomic E-state index is 12.3. The number of aryl methyl sites for hydroxylation is 2. The third kappa shape index (κ3) is 4.99. The highest BCUT2D eigenvalue weighted by molar-refractivity contribution is 5.96. The van der Waals surface area contributed by atoms with E-state index in [0.717, 1.165) is 5.69 Å². The first-order valence-electron chi connectivity index (χ1n) is 8.55. The number of aromatic nitrogens is 2. The summed E-state index contributed by atoms with van der Waals surface area (Å²) in [6.07, 6.45) is -1.84. The van der Waals surface area contributed by atoms with E-state index in [2.05, 4.69) is 10.4 Å². The van der Waals surface area contributed by atoms with E-state index < -0.39 is 24.1 Å². The van der Waals surface area contributed by atoms with Gasteiger partial charge in [0.15, 0.2) is 12.2 Å². The molecule has 27 heavy (non-hydrogen) atoms. The Bertz CT molecular complexity index is 813. The van der Waals surface area contributed by atoms with E-state index in [9.17, 15) is 9.59 Å². The van der Waals surface area contributed by atoms with Crippen LogP contribution >= 0.6 is 0 Å². The molecule has 2 atom stereocenters. The van der Waals surface area contributed by atoms with Gasteiger partial charge in [0.25, 0.3) is 5.91 Å². The third-order valence-corrected chi connectivity index (χ3v) is 4.12. The predicted octanol–water partition coefficient (Wildman–Crippen LogP) is 2.38. The van der Waals surface area contributed by atoms with Crippen LogP contribution in [0.3, 0.4) is 0 Å². The number of methoxy groups -OCH3 is 1. The van der Waals surface area contributed by atoms with E-state index in [1.165, 1.54) is 6.92 Å². The summed E-state index contributed by atoms with van der Waals surface area (Å²) in [7, 11) is 3.36. The molecule has 0 aliphatic rings. The van der Waals surface area contributed by atoms with E-state index in [0.29, 0.717) is 22.9 Å². The Morgan fingerprint density at radius 2 is 1.67 bits per heavy atom. The standard InChI is InChI=1S/C19H25N3O5/c1-11-17(12(2)22(5)21-11)20-18(23)13(3)27-19(24)14(4)26-16-9-7-15(25-6)8-10-16/h7-10,13-14H,1-6H3,(H,20,23). The smallest absolute Gasteiger partial charge is 0.347 e. The van der Waals surface area contributed by atoms with Gasteiger partial charge in [-0.25, -0.2) is 4.79 Å². The van der Waals surface area contributed by atoms with Crippen molar-refractivity contribution in [3.63, 3.8) is 0 Å². The molecule has 8 nitrogen and oxygen atoms in total. The Morgan fingerprint density at radius 1 is 1.07 bits per heavy atom. The second-order valence-electron chi connectivity index (χ2n) is 6.17. The molecule has 0 spiro atoms. The van der Waals surface area contributed by atoms with E-state index in [1.54, 1.807) is 57.0 Å². The normalized spacial score (nSPS) is 12.8. The average molecular weight is 375 g/mol. The molecule has 1 amide bonds. The molecule has 0 bridgehead atoms. The summed E-state index contributed by atoms with van der Waals surface area (Å²) < 4.78 is 17.5. The molecule has 0 radical (unpaired) electrons. The van der Waals surface area contributed by atoms with Gasteiger partial charge in [-0.05, 0) is 52.0 Å². The number of anilines is 1. The van der Waals surface area contributed by atoms with E-state index in [4.69, 9.17) is 14.2 Å². The lowest BCUT2D eigenvalue weighted by atomic mass is 10.3. The fourth-order valence-corrected chi connectivity index (χ4v) is 2.41. The van der Waals surface area contributed by atoms with E-state index in [-0.39, 0.29) is 0 Å². The molecule has 1 aromatic carbocycles. The summed E-state index contributed by atoms with van der Waals surface area (Å²) in [4.78, 5) is 24.5. The summed E-state index contributed by atoms with van der Waals surface area (Å²) in [6, 6.07) is 6.82. The summed E-state index contributed by atoms with van der Waals surface area (Å²) in [5.74, 6) is 0.120. The van der Waals surface area contributed by atoms with Crippen molar-refractivity contribution in [2.75, 3.05) is 12.4 Å². The van der Waals surface area contributed by atoms with Crippen LogP contribution in [0.25, 0.3) is 0 Å². The molecule has 2 unspecified atom stereocenters. The van der Waals surface area contributed by atoms with Gasteiger partial charge in [0.2, 0.25) is 0 Å². The number of rotatable bonds is 7. The molecule has 2 rings (SSSR count). The quantitative estimate of drug-likeness (QED) is 0.747. The number of carbonyl (C=O) groups excluding carboxylic acids is 2. The van der Waals surface area contributed by atoms with Gasteiger partial charge >= 0.3 is 5.97 Å². The van der Waals surface area contributed by atoms with Gasteiger partial charge in [-0.3, -0.25) is 9.48 Å². The second kappa shape index (κ2) is 8.57. The minimum absolute atomic E-state index is 0.431. The predicted molar refractivity (Wildman–Crippen MR) is 99.9 cm³/mol. The lowest BCUT2D eigenvalue weighted by Gasteiger charge is -2.18. The maximum Gasteiger partial charge on any atom is 0.347 e. The molecule has 1 aromatic heterocycles. The highest BCUT2D eigenvalue weighted by atomic mass is 16.6. The highest BCUT2D eigenvalue weighted by Gasteiger charge is 2.24. The number of nitrogens with one attached hydrogen (secondary N) is 1. The van der Waals surface area contributed by atoms with E-state index in [1.807, 2.05) is 6.92 Å². The molecular weight excluding hydrogens is 350 g/mol. The van der Waals surface area contributed by atoms with Crippen molar-refractivity contribution < 1.29 is 23.8 Å². The summed E-state index contributed by atoms with van der Waals surface area (Å²) in [5.41, 5.74) is 2.13. The van der Waals surface area contributed by atoms with Crippen LogP contribution in [0.4, 0.5) is 5.69 Å². The molecule has 1 heterocycles. The fourth-order valence-electron chi connectivity index (χ4n) is 2.41. The SMILES string of the molecule is COc1ccc(OC(C)C(=O)OC(C)C(=O)Nc2c(C)nn(C)c2C)cc1. The summed E-state index contributed by atoms with van der Waals surface area (Å²) >= 11 is 0. The molecule has 0 aliphatic carbocycles. The van der Waals surface area contributed by atoms with Crippen molar-refractivity contribution in [2.24, 2.45) is 7.05 Å².